The summed E-state index contributed by atoms with van der Waals surface area (Å²) in [6, 6.07) is 7.65. The van der Waals surface area contributed by atoms with Crippen molar-refractivity contribution in [1.82, 2.24) is 5.32 Å². The molecule has 120 valence electrons. The van der Waals surface area contributed by atoms with Gasteiger partial charge in [-0.25, -0.2) is 0 Å². The van der Waals surface area contributed by atoms with Gasteiger partial charge in [-0.2, -0.15) is 0 Å². The van der Waals surface area contributed by atoms with Crippen LogP contribution in [-0.2, 0) is 9.53 Å². The van der Waals surface area contributed by atoms with Crippen molar-refractivity contribution in [3.8, 4) is 0 Å². The van der Waals surface area contributed by atoms with Gasteiger partial charge in [0.25, 0.3) is 0 Å². The molecule has 1 aliphatic heterocycles. The van der Waals surface area contributed by atoms with Gasteiger partial charge in [0.2, 0.25) is 5.91 Å². The maximum atomic E-state index is 11.0. The van der Waals surface area contributed by atoms with Gasteiger partial charge in [-0.3, -0.25) is 4.79 Å². The highest BCUT2D eigenvalue weighted by molar-refractivity contribution is 5.73. The van der Waals surface area contributed by atoms with Crippen LogP contribution in [0.15, 0.2) is 36.1 Å². The van der Waals surface area contributed by atoms with Gasteiger partial charge in [0.15, 0.2) is 6.29 Å². The molecule has 1 aliphatic rings. The molecule has 1 heterocycles. The molecule has 22 heavy (non-hydrogen) atoms. The van der Waals surface area contributed by atoms with Crippen molar-refractivity contribution < 1.29 is 30.0 Å². The summed E-state index contributed by atoms with van der Waals surface area (Å²) in [5.74, 6) is -0.820. The summed E-state index contributed by atoms with van der Waals surface area (Å²) in [7, 11) is 0. The first-order valence-electron chi connectivity index (χ1n) is 6.82. The number of nitrogens with one attached hydrogen (secondary N) is 1. The Kier molecular flexibility index (Phi) is 5.15. The van der Waals surface area contributed by atoms with Crippen molar-refractivity contribution in [1.29, 1.82) is 0 Å². The zero-order valence-corrected chi connectivity index (χ0v) is 12.0. The van der Waals surface area contributed by atoms with E-state index in [1.54, 1.807) is 24.3 Å². The maximum Gasteiger partial charge on any atom is 0.217 e. The molecule has 1 fully saturated rings. The van der Waals surface area contributed by atoms with E-state index in [0.717, 1.165) is 0 Å². The van der Waals surface area contributed by atoms with E-state index in [2.05, 4.69) is 5.32 Å². The summed E-state index contributed by atoms with van der Waals surface area (Å²) in [5, 5.41) is 42.3. The summed E-state index contributed by atoms with van der Waals surface area (Å²) in [5.41, 5.74) is 0.670. The van der Waals surface area contributed by atoms with Crippen molar-refractivity contribution in [3.63, 3.8) is 0 Å². The largest absolute Gasteiger partial charge is 0.509 e. The first-order chi connectivity index (χ1) is 10.4. The monoisotopic (exact) mass is 309 g/mol. The Bertz CT molecular complexity index is 546. The zero-order chi connectivity index (χ0) is 16.3. The number of carbonyl (C=O) groups excluding carboxylic acids is 1. The van der Waals surface area contributed by atoms with E-state index in [1.165, 1.54) is 13.0 Å². The van der Waals surface area contributed by atoms with Crippen LogP contribution in [0.25, 0.3) is 6.08 Å². The third kappa shape index (κ3) is 3.63. The van der Waals surface area contributed by atoms with Crippen LogP contribution in [0.4, 0.5) is 0 Å². The highest BCUT2D eigenvalue weighted by Crippen LogP contribution is 2.25. The lowest BCUT2D eigenvalue weighted by atomic mass is 9.95. The minimum absolute atomic E-state index is 0.335. The lowest BCUT2D eigenvalue weighted by Crippen LogP contribution is -2.63. The van der Waals surface area contributed by atoms with Crippen molar-refractivity contribution in [2.75, 3.05) is 0 Å². The Morgan fingerprint density at radius 2 is 1.82 bits per heavy atom. The van der Waals surface area contributed by atoms with Crippen LogP contribution in [0, 0.1) is 0 Å². The smallest absolute Gasteiger partial charge is 0.217 e. The molecule has 7 heteroatoms. The lowest BCUT2D eigenvalue weighted by molar-refractivity contribution is -0.243. The van der Waals surface area contributed by atoms with Gasteiger partial charge >= 0.3 is 0 Å². The normalized spacial score (nSPS) is 32.5. The van der Waals surface area contributed by atoms with Crippen LogP contribution in [0.1, 0.15) is 12.5 Å². The number of ether oxygens (including phenoxy) is 1. The van der Waals surface area contributed by atoms with E-state index in [9.17, 15) is 25.2 Å². The SMILES string of the molecule is CC(=O)N[C@H]1[C@@H](O)[C@H](O)[C@@H](C(O)=Cc2ccccc2)O[C@@H]1O. The van der Waals surface area contributed by atoms with E-state index in [1.807, 2.05) is 6.07 Å². The fourth-order valence-electron chi connectivity index (χ4n) is 2.31. The van der Waals surface area contributed by atoms with Crippen molar-refractivity contribution >= 4 is 12.0 Å². The molecule has 0 aromatic heterocycles. The van der Waals surface area contributed by atoms with Crippen molar-refractivity contribution in [2.24, 2.45) is 0 Å². The first kappa shape index (κ1) is 16.4. The van der Waals surface area contributed by atoms with E-state index in [0.29, 0.717) is 5.56 Å². The average molecular weight is 309 g/mol. The number of aliphatic hydroxyl groups excluding tert-OH is 4. The third-order valence-electron chi connectivity index (χ3n) is 3.40. The first-order valence-corrected chi connectivity index (χ1v) is 6.82. The van der Waals surface area contributed by atoms with E-state index >= 15 is 0 Å². The van der Waals surface area contributed by atoms with Gasteiger partial charge in [-0.05, 0) is 11.6 Å². The third-order valence-corrected chi connectivity index (χ3v) is 3.40. The molecule has 1 saturated heterocycles. The zero-order valence-electron chi connectivity index (χ0n) is 12.0. The van der Waals surface area contributed by atoms with Gasteiger partial charge < -0.3 is 30.5 Å². The molecule has 2 rings (SSSR count). The topological polar surface area (TPSA) is 119 Å². The highest BCUT2D eigenvalue weighted by Gasteiger charge is 2.45. The van der Waals surface area contributed by atoms with Crippen LogP contribution in [-0.4, -0.2) is 57.0 Å². The second-order valence-electron chi connectivity index (χ2n) is 5.13. The maximum absolute atomic E-state index is 11.0. The highest BCUT2D eigenvalue weighted by atomic mass is 16.6. The van der Waals surface area contributed by atoms with Gasteiger partial charge in [0.1, 0.15) is 30.1 Å². The summed E-state index contributed by atoms with van der Waals surface area (Å²) in [6.07, 6.45) is -4.47. The molecule has 1 amide bonds. The minimum atomic E-state index is -1.56. The molecule has 5 N–H and O–H groups in total. The fourth-order valence-corrected chi connectivity index (χ4v) is 2.31. The second-order valence-corrected chi connectivity index (χ2v) is 5.13. The molecule has 1 aromatic rings. The predicted octanol–water partition coefficient (Wildman–Crippen LogP) is -0.471. The summed E-state index contributed by atoms with van der Waals surface area (Å²) in [4.78, 5) is 11.0. The molecule has 7 nitrogen and oxygen atoms in total. The lowest BCUT2D eigenvalue weighted by Gasteiger charge is -2.40. The van der Waals surface area contributed by atoms with E-state index < -0.39 is 36.6 Å². The number of aliphatic hydroxyl groups is 4. The number of hydrogen-bond donors (Lipinski definition) is 5. The predicted molar refractivity (Wildman–Crippen MR) is 77.5 cm³/mol. The van der Waals surface area contributed by atoms with E-state index in [4.69, 9.17) is 4.74 Å². The molecule has 0 radical (unpaired) electrons. The molecular weight excluding hydrogens is 290 g/mol. The van der Waals surface area contributed by atoms with Gasteiger partial charge in [0.05, 0.1) is 0 Å². The quantitative estimate of drug-likeness (QED) is 0.482. The Morgan fingerprint density at radius 3 is 2.41 bits per heavy atom. The molecule has 1 aromatic carbocycles. The average Bonchev–Trinajstić information content (AvgIpc) is 2.48. The summed E-state index contributed by atoms with van der Waals surface area (Å²) in [6.45, 7) is 1.21. The van der Waals surface area contributed by atoms with Crippen LogP contribution >= 0.6 is 0 Å². The molecule has 5 atom stereocenters. The Labute approximate surface area is 127 Å². The number of hydrogen-bond acceptors (Lipinski definition) is 6. The number of rotatable bonds is 3. The van der Waals surface area contributed by atoms with Gasteiger partial charge in [-0.15, -0.1) is 0 Å². The molecule has 0 bridgehead atoms. The summed E-state index contributed by atoms with van der Waals surface area (Å²) < 4.78 is 5.13. The molecule has 0 saturated carbocycles. The fraction of sp³-hybridized carbons (Fsp3) is 0.400. The summed E-state index contributed by atoms with van der Waals surface area (Å²) >= 11 is 0. The number of amides is 1. The van der Waals surface area contributed by atoms with Crippen molar-refractivity contribution in [3.05, 3.63) is 41.7 Å². The molecule has 0 unspecified atom stereocenters. The second kappa shape index (κ2) is 6.89. The van der Waals surface area contributed by atoms with Crippen LogP contribution in [0.3, 0.4) is 0 Å². The Balaban J connectivity index is 2.16. The van der Waals surface area contributed by atoms with Crippen LogP contribution in [0.5, 0.6) is 0 Å². The molecular formula is C15H19NO6. The van der Waals surface area contributed by atoms with Gasteiger partial charge in [-0.1, -0.05) is 30.3 Å². The minimum Gasteiger partial charge on any atom is -0.509 e. The Hall–Kier alpha value is -1.93. The molecule has 0 aliphatic carbocycles. The Morgan fingerprint density at radius 1 is 1.18 bits per heavy atom. The standard InChI is InChI=1S/C15H19NO6/c1-8(17)16-11-12(19)13(20)14(22-15(11)21)10(18)7-9-5-3-2-4-6-9/h2-7,11-15,18-21H,1H3,(H,16,17)/t11-,12+,13-,14+,15-/m0/s1. The molecule has 0 spiro atoms. The van der Waals surface area contributed by atoms with E-state index in [-0.39, 0.29) is 5.76 Å². The van der Waals surface area contributed by atoms with Gasteiger partial charge in [0, 0.05) is 6.92 Å². The van der Waals surface area contributed by atoms with Crippen LogP contribution in [0.2, 0.25) is 0 Å². The number of carbonyl (C=O) groups is 1. The number of benzene rings is 1. The van der Waals surface area contributed by atoms with Crippen molar-refractivity contribution in [2.45, 2.75) is 37.6 Å². The van der Waals surface area contributed by atoms with Crippen LogP contribution < -0.4 is 5.32 Å².